The van der Waals surface area contributed by atoms with Crippen LogP contribution in [0.2, 0.25) is 0 Å². The number of benzene rings is 2. The first kappa shape index (κ1) is 17.4. The molecule has 2 atom stereocenters. The lowest BCUT2D eigenvalue weighted by molar-refractivity contribution is 0.298. The molecule has 0 unspecified atom stereocenters. The third kappa shape index (κ3) is 3.62. The highest BCUT2D eigenvalue weighted by Gasteiger charge is 2.35. The number of phenols is 1. The molecule has 1 aliphatic rings. The quantitative estimate of drug-likeness (QED) is 0.751. The van der Waals surface area contributed by atoms with Crippen molar-refractivity contribution >= 4 is 11.8 Å². The van der Waals surface area contributed by atoms with Gasteiger partial charge in [-0.3, -0.25) is 5.32 Å². The average molecular weight is 342 g/mol. The van der Waals surface area contributed by atoms with E-state index in [0.717, 1.165) is 12.2 Å². The van der Waals surface area contributed by atoms with E-state index in [9.17, 15) is 5.11 Å². The molecule has 0 saturated carbocycles. The lowest BCUT2D eigenvalue weighted by Crippen LogP contribution is -2.48. The fraction of sp³-hybridized carbons (Fsp3) is 0.429. The molecule has 2 aromatic rings. The molecule has 0 spiro atoms. The van der Waals surface area contributed by atoms with Crippen LogP contribution in [0.4, 0.5) is 0 Å². The highest BCUT2D eigenvalue weighted by atomic mass is 32.2. The number of hydrogen-bond acceptors (Lipinski definition) is 3. The molecule has 2 aromatic carbocycles. The summed E-state index contributed by atoms with van der Waals surface area (Å²) in [6.07, 6.45) is 4.81. The van der Waals surface area contributed by atoms with E-state index in [-0.39, 0.29) is 11.6 Å². The summed E-state index contributed by atoms with van der Waals surface area (Å²) >= 11 is 1.98. The standard InChI is InChI=1S/C21H27NOS/c1-3-5-14-21(4-2)15-24-19-9-7-6-8-18(19)20(22-21)16-10-12-17(23)13-11-16/h6-13,20,22-23H,3-5,14-15H2,1-2H3/t20-,21-/m1/s1. The Hall–Kier alpha value is -1.45. The van der Waals surface area contributed by atoms with Crippen LogP contribution < -0.4 is 5.32 Å². The minimum Gasteiger partial charge on any atom is -0.508 e. The van der Waals surface area contributed by atoms with Crippen LogP contribution in [0.5, 0.6) is 5.75 Å². The van der Waals surface area contributed by atoms with Crippen molar-refractivity contribution in [2.45, 2.75) is 56.0 Å². The summed E-state index contributed by atoms with van der Waals surface area (Å²) in [6, 6.07) is 16.6. The Morgan fingerprint density at radius 1 is 1.12 bits per heavy atom. The number of phenolic OH excluding ortho intramolecular Hbond substituents is 1. The van der Waals surface area contributed by atoms with E-state index in [1.807, 2.05) is 23.9 Å². The molecule has 24 heavy (non-hydrogen) atoms. The highest BCUT2D eigenvalue weighted by Crippen LogP contribution is 2.40. The number of aromatic hydroxyl groups is 1. The first-order chi connectivity index (χ1) is 11.7. The number of thioether (sulfide) groups is 1. The first-order valence-electron chi connectivity index (χ1n) is 8.96. The zero-order valence-electron chi connectivity index (χ0n) is 14.6. The summed E-state index contributed by atoms with van der Waals surface area (Å²) in [5.41, 5.74) is 2.72. The van der Waals surface area contributed by atoms with Gasteiger partial charge in [-0.15, -0.1) is 11.8 Å². The molecule has 1 aliphatic heterocycles. The molecule has 0 fully saturated rings. The van der Waals surface area contributed by atoms with Crippen molar-refractivity contribution in [1.82, 2.24) is 5.32 Å². The molecule has 0 bridgehead atoms. The van der Waals surface area contributed by atoms with E-state index in [2.05, 4.69) is 43.4 Å². The van der Waals surface area contributed by atoms with Crippen molar-refractivity contribution in [2.75, 3.05) is 5.75 Å². The van der Waals surface area contributed by atoms with Crippen LogP contribution in [0.1, 0.15) is 56.7 Å². The van der Waals surface area contributed by atoms with E-state index >= 15 is 0 Å². The molecule has 1 heterocycles. The van der Waals surface area contributed by atoms with Crippen LogP contribution in [0, 0.1) is 0 Å². The molecular weight excluding hydrogens is 314 g/mol. The van der Waals surface area contributed by atoms with Crippen LogP contribution in [0.15, 0.2) is 53.4 Å². The maximum atomic E-state index is 9.65. The zero-order valence-corrected chi connectivity index (χ0v) is 15.4. The topological polar surface area (TPSA) is 32.3 Å². The van der Waals surface area contributed by atoms with Gasteiger partial charge in [-0.05, 0) is 42.2 Å². The fourth-order valence-electron chi connectivity index (χ4n) is 3.46. The van der Waals surface area contributed by atoms with Crippen LogP contribution >= 0.6 is 11.8 Å². The van der Waals surface area contributed by atoms with Gasteiger partial charge in [-0.2, -0.15) is 0 Å². The third-order valence-corrected chi connectivity index (χ3v) is 6.48. The van der Waals surface area contributed by atoms with Crippen molar-refractivity contribution in [2.24, 2.45) is 0 Å². The molecule has 0 aromatic heterocycles. The Labute approximate surface area is 149 Å². The Kier molecular flexibility index (Phi) is 5.52. The molecule has 2 N–H and O–H groups in total. The van der Waals surface area contributed by atoms with Crippen molar-refractivity contribution in [3.63, 3.8) is 0 Å². The van der Waals surface area contributed by atoms with Crippen LogP contribution in [-0.4, -0.2) is 16.4 Å². The summed E-state index contributed by atoms with van der Waals surface area (Å²) < 4.78 is 0. The number of hydrogen-bond donors (Lipinski definition) is 2. The molecule has 0 amide bonds. The highest BCUT2D eigenvalue weighted by molar-refractivity contribution is 7.99. The Morgan fingerprint density at radius 2 is 1.88 bits per heavy atom. The van der Waals surface area contributed by atoms with Gasteiger partial charge in [0.25, 0.3) is 0 Å². The van der Waals surface area contributed by atoms with E-state index in [0.29, 0.717) is 5.75 Å². The number of rotatable bonds is 5. The summed E-state index contributed by atoms with van der Waals surface area (Å²) in [4.78, 5) is 1.37. The van der Waals surface area contributed by atoms with Gasteiger partial charge < -0.3 is 5.11 Å². The fourth-order valence-corrected chi connectivity index (χ4v) is 4.85. The number of nitrogens with one attached hydrogen (secondary N) is 1. The SMILES string of the molecule is CCCC[C@]1(CC)CSc2ccccc2[C@@H](c2ccc(O)cc2)N1. The van der Waals surface area contributed by atoms with Gasteiger partial charge in [0.1, 0.15) is 5.75 Å². The van der Waals surface area contributed by atoms with Crippen LogP contribution in [-0.2, 0) is 0 Å². The Morgan fingerprint density at radius 3 is 2.58 bits per heavy atom. The number of fused-ring (bicyclic) bond motifs is 1. The second-order valence-electron chi connectivity index (χ2n) is 6.73. The monoisotopic (exact) mass is 341 g/mol. The van der Waals surface area contributed by atoms with Crippen molar-refractivity contribution in [3.05, 3.63) is 59.7 Å². The first-order valence-corrected chi connectivity index (χ1v) is 9.94. The molecule has 0 aliphatic carbocycles. The van der Waals surface area contributed by atoms with Gasteiger partial charge in [0.15, 0.2) is 0 Å². The number of unbranched alkanes of at least 4 members (excludes halogenated alkanes) is 1. The smallest absolute Gasteiger partial charge is 0.115 e. The van der Waals surface area contributed by atoms with Gasteiger partial charge in [0.05, 0.1) is 6.04 Å². The molecule has 0 radical (unpaired) electrons. The van der Waals surface area contributed by atoms with E-state index in [1.165, 1.54) is 35.3 Å². The second-order valence-corrected chi connectivity index (χ2v) is 7.75. The van der Waals surface area contributed by atoms with Crippen LogP contribution in [0.25, 0.3) is 0 Å². The molecule has 0 saturated heterocycles. The predicted molar refractivity (Wildman–Crippen MR) is 103 cm³/mol. The van der Waals surface area contributed by atoms with E-state index in [4.69, 9.17) is 0 Å². The van der Waals surface area contributed by atoms with Gasteiger partial charge in [0.2, 0.25) is 0 Å². The van der Waals surface area contributed by atoms with E-state index < -0.39 is 0 Å². The lowest BCUT2D eigenvalue weighted by Gasteiger charge is -2.36. The van der Waals surface area contributed by atoms with Gasteiger partial charge in [-0.25, -0.2) is 0 Å². The maximum Gasteiger partial charge on any atom is 0.115 e. The van der Waals surface area contributed by atoms with Crippen molar-refractivity contribution in [1.29, 1.82) is 0 Å². The average Bonchev–Trinajstić information content (AvgIpc) is 2.79. The molecule has 2 nitrogen and oxygen atoms in total. The Balaban J connectivity index is 2.02. The van der Waals surface area contributed by atoms with Crippen molar-refractivity contribution in [3.8, 4) is 5.75 Å². The van der Waals surface area contributed by atoms with Gasteiger partial charge >= 0.3 is 0 Å². The second kappa shape index (κ2) is 7.62. The minimum atomic E-state index is 0.155. The van der Waals surface area contributed by atoms with E-state index in [1.54, 1.807) is 12.1 Å². The normalized spacial score (nSPS) is 23.5. The van der Waals surface area contributed by atoms with Crippen LogP contribution in [0.3, 0.4) is 0 Å². The molecular formula is C21H27NOS. The molecule has 3 rings (SSSR count). The minimum absolute atomic E-state index is 0.155. The third-order valence-electron chi connectivity index (χ3n) is 5.10. The van der Waals surface area contributed by atoms with Gasteiger partial charge in [-0.1, -0.05) is 57.0 Å². The summed E-state index contributed by atoms with van der Waals surface area (Å²) in [6.45, 7) is 4.56. The zero-order chi connectivity index (χ0) is 17.0. The molecule has 128 valence electrons. The maximum absolute atomic E-state index is 9.65. The Bertz CT molecular complexity index is 670. The largest absolute Gasteiger partial charge is 0.508 e. The lowest BCUT2D eigenvalue weighted by atomic mass is 9.88. The molecule has 3 heteroatoms. The van der Waals surface area contributed by atoms with Gasteiger partial charge in [0, 0.05) is 16.2 Å². The predicted octanol–water partition coefficient (Wildman–Crippen LogP) is 5.52. The van der Waals surface area contributed by atoms with Crippen molar-refractivity contribution < 1.29 is 5.11 Å². The summed E-state index contributed by atoms with van der Waals surface area (Å²) in [5, 5.41) is 13.6. The summed E-state index contributed by atoms with van der Waals surface area (Å²) in [5.74, 6) is 1.43. The summed E-state index contributed by atoms with van der Waals surface area (Å²) in [7, 11) is 0.